The van der Waals surface area contributed by atoms with Gasteiger partial charge in [0.05, 0.1) is 25.4 Å². The lowest BCUT2D eigenvalue weighted by molar-refractivity contribution is -0.0652. The molecular weight excluding hydrogens is 354 g/mol. The Labute approximate surface area is 171 Å². The van der Waals surface area contributed by atoms with Gasteiger partial charge in [0.2, 0.25) is 5.88 Å². The van der Waals surface area contributed by atoms with Gasteiger partial charge in [-0.15, -0.1) is 0 Å². The maximum absolute atomic E-state index is 6.36. The lowest BCUT2D eigenvalue weighted by atomic mass is 10.0. The second-order valence-electron chi connectivity index (χ2n) is 7.62. The second-order valence-corrected chi connectivity index (χ2v) is 7.62. The molecule has 5 nitrogen and oxygen atoms in total. The molecule has 0 spiro atoms. The summed E-state index contributed by atoms with van der Waals surface area (Å²) in [5.41, 5.74) is 2.10. The molecule has 1 fully saturated rings. The van der Waals surface area contributed by atoms with Crippen LogP contribution in [0.5, 0.6) is 5.88 Å². The van der Waals surface area contributed by atoms with Gasteiger partial charge in [-0.1, -0.05) is 40.0 Å². The number of hydrogen-bond acceptors (Lipinski definition) is 5. The van der Waals surface area contributed by atoms with Gasteiger partial charge >= 0.3 is 0 Å². The summed E-state index contributed by atoms with van der Waals surface area (Å²) in [6.45, 7) is 11.4. The van der Waals surface area contributed by atoms with Crippen LogP contribution in [0.15, 0.2) is 12.1 Å². The summed E-state index contributed by atoms with van der Waals surface area (Å²) in [6.07, 6.45) is 7.53. The molecule has 0 saturated carbocycles. The smallest absolute Gasteiger partial charge is 0.213 e. The highest BCUT2D eigenvalue weighted by molar-refractivity contribution is 5.28. The zero-order valence-corrected chi connectivity index (χ0v) is 18.2. The number of aromatic nitrogens is 1. The van der Waals surface area contributed by atoms with E-state index in [4.69, 9.17) is 18.9 Å². The Morgan fingerprint density at radius 2 is 1.71 bits per heavy atom. The number of pyridine rings is 1. The van der Waals surface area contributed by atoms with E-state index >= 15 is 0 Å². The molecule has 1 aliphatic heterocycles. The van der Waals surface area contributed by atoms with Crippen LogP contribution >= 0.6 is 0 Å². The Morgan fingerprint density at radius 1 is 1.00 bits per heavy atom. The number of rotatable bonds is 14. The van der Waals surface area contributed by atoms with Crippen molar-refractivity contribution in [1.82, 2.24) is 4.98 Å². The molecule has 0 unspecified atom stereocenters. The summed E-state index contributed by atoms with van der Waals surface area (Å²) in [4.78, 5) is 4.63. The van der Waals surface area contributed by atoms with E-state index in [1.54, 1.807) is 0 Å². The highest BCUT2D eigenvalue weighted by atomic mass is 16.6. The van der Waals surface area contributed by atoms with Crippen molar-refractivity contribution in [3.8, 4) is 5.88 Å². The van der Waals surface area contributed by atoms with E-state index in [0.29, 0.717) is 19.1 Å². The molecule has 3 atom stereocenters. The van der Waals surface area contributed by atoms with Gasteiger partial charge in [0, 0.05) is 37.0 Å². The quantitative estimate of drug-likeness (QED) is 0.396. The number of aryl methyl sites for hydroxylation is 1. The zero-order chi connectivity index (χ0) is 20.2. The average Bonchev–Trinajstić information content (AvgIpc) is 3.08. The maximum Gasteiger partial charge on any atom is 0.213 e. The first-order chi connectivity index (χ1) is 13.7. The first kappa shape index (κ1) is 23.1. The molecule has 2 rings (SSSR count). The fraction of sp³-hybridized carbons (Fsp3) is 0.783. The first-order valence-electron chi connectivity index (χ1n) is 11.1. The molecule has 0 aromatic carbocycles. The summed E-state index contributed by atoms with van der Waals surface area (Å²) in [5, 5.41) is 0. The van der Waals surface area contributed by atoms with Crippen LogP contribution in [0.3, 0.4) is 0 Å². The van der Waals surface area contributed by atoms with Gasteiger partial charge < -0.3 is 18.9 Å². The second kappa shape index (κ2) is 13.1. The van der Waals surface area contributed by atoms with Crippen molar-refractivity contribution < 1.29 is 18.9 Å². The van der Waals surface area contributed by atoms with Crippen LogP contribution < -0.4 is 4.74 Å². The van der Waals surface area contributed by atoms with Gasteiger partial charge in [-0.2, -0.15) is 0 Å². The van der Waals surface area contributed by atoms with Crippen molar-refractivity contribution in [2.24, 2.45) is 0 Å². The predicted molar refractivity (Wildman–Crippen MR) is 112 cm³/mol. The highest BCUT2D eigenvalue weighted by Gasteiger charge is 2.37. The fourth-order valence-electron chi connectivity index (χ4n) is 3.35. The number of ether oxygens (including phenoxy) is 4. The minimum atomic E-state index is -0.0152. The first-order valence-corrected chi connectivity index (χ1v) is 11.1. The van der Waals surface area contributed by atoms with Crippen LogP contribution in [0.4, 0.5) is 0 Å². The molecule has 2 heterocycles. The molecule has 1 aromatic heterocycles. The molecule has 0 N–H and O–H groups in total. The number of nitrogens with zero attached hydrogens (tertiary/aromatic N) is 1. The Kier molecular flexibility index (Phi) is 10.8. The normalized spacial score (nSPS) is 21.9. The molecule has 160 valence electrons. The lowest BCUT2D eigenvalue weighted by Gasteiger charge is -2.19. The third-order valence-electron chi connectivity index (χ3n) is 5.15. The van der Waals surface area contributed by atoms with Crippen LogP contribution in [0.1, 0.15) is 83.1 Å². The van der Waals surface area contributed by atoms with Crippen LogP contribution in [0.25, 0.3) is 0 Å². The van der Waals surface area contributed by atoms with Crippen molar-refractivity contribution in [1.29, 1.82) is 0 Å². The van der Waals surface area contributed by atoms with E-state index in [1.165, 1.54) is 0 Å². The van der Waals surface area contributed by atoms with Gasteiger partial charge in [0.1, 0.15) is 6.10 Å². The molecule has 5 heteroatoms. The molecule has 0 aliphatic carbocycles. The Bertz CT molecular complexity index is 551. The monoisotopic (exact) mass is 393 g/mol. The molecule has 1 aromatic rings. The molecule has 0 radical (unpaired) electrons. The van der Waals surface area contributed by atoms with Gasteiger partial charge in [0.25, 0.3) is 0 Å². The van der Waals surface area contributed by atoms with Crippen LogP contribution in [0, 0.1) is 6.92 Å². The summed E-state index contributed by atoms with van der Waals surface area (Å²) in [7, 11) is 0. The number of unbranched alkanes of at least 4 members (excludes halogenated alkanes) is 3. The van der Waals surface area contributed by atoms with Gasteiger partial charge in [-0.25, -0.2) is 4.98 Å². The largest absolute Gasteiger partial charge is 0.478 e. The van der Waals surface area contributed by atoms with Gasteiger partial charge in [0.15, 0.2) is 0 Å². The fourth-order valence-corrected chi connectivity index (χ4v) is 3.35. The van der Waals surface area contributed by atoms with Gasteiger partial charge in [-0.3, -0.25) is 0 Å². The standard InChI is InChI=1S/C23H39NO4/c1-5-8-13-25-17-22-21(26-14-9-6-2)16-20(28-22)19-11-12-23(24-18(19)4)27-15-10-7-3/h11-12,20-22H,5-10,13-17H2,1-4H3/t20-,21-,22-/m1/s1. The van der Waals surface area contributed by atoms with Crippen molar-refractivity contribution in [3.05, 3.63) is 23.4 Å². The molecule has 1 aliphatic rings. The molecule has 0 bridgehead atoms. The van der Waals surface area contributed by atoms with E-state index in [0.717, 1.165) is 69.4 Å². The van der Waals surface area contributed by atoms with Crippen molar-refractivity contribution in [3.63, 3.8) is 0 Å². The Balaban J connectivity index is 1.97. The van der Waals surface area contributed by atoms with E-state index < -0.39 is 0 Å². The summed E-state index contributed by atoms with van der Waals surface area (Å²) in [5.74, 6) is 0.697. The van der Waals surface area contributed by atoms with Crippen molar-refractivity contribution in [2.45, 2.75) is 91.0 Å². The number of hydrogen-bond donors (Lipinski definition) is 0. The molecule has 0 amide bonds. The third-order valence-corrected chi connectivity index (χ3v) is 5.15. The summed E-state index contributed by atoms with van der Waals surface area (Å²) in [6, 6.07) is 4.05. The van der Waals surface area contributed by atoms with Gasteiger partial charge in [-0.05, 0) is 32.3 Å². The topological polar surface area (TPSA) is 49.8 Å². The van der Waals surface area contributed by atoms with Crippen molar-refractivity contribution >= 4 is 0 Å². The molecule has 28 heavy (non-hydrogen) atoms. The van der Waals surface area contributed by atoms with Crippen molar-refractivity contribution in [2.75, 3.05) is 26.4 Å². The minimum absolute atomic E-state index is 0.00333. The summed E-state index contributed by atoms with van der Waals surface area (Å²) < 4.78 is 24.1. The zero-order valence-electron chi connectivity index (χ0n) is 18.2. The highest BCUT2D eigenvalue weighted by Crippen LogP contribution is 2.36. The lowest BCUT2D eigenvalue weighted by Crippen LogP contribution is -2.29. The Morgan fingerprint density at radius 3 is 2.43 bits per heavy atom. The summed E-state index contributed by atoms with van der Waals surface area (Å²) >= 11 is 0. The predicted octanol–water partition coefficient (Wildman–Crippen LogP) is 5.40. The third kappa shape index (κ3) is 7.34. The maximum atomic E-state index is 6.36. The average molecular weight is 394 g/mol. The van der Waals surface area contributed by atoms with E-state index in [2.05, 4.69) is 31.8 Å². The minimum Gasteiger partial charge on any atom is -0.478 e. The van der Waals surface area contributed by atoms with Crippen LogP contribution in [-0.4, -0.2) is 43.6 Å². The van der Waals surface area contributed by atoms with E-state index in [1.807, 2.05) is 13.0 Å². The molecule has 1 saturated heterocycles. The van der Waals surface area contributed by atoms with E-state index in [9.17, 15) is 0 Å². The van der Waals surface area contributed by atoms with Crippen LogP contribution in [0.2, 0.25) is 0 Å². The molecular formula is C23H39NO4. The SMILES string of the molecule is CCCCOC[C@H]1O[C@@H](c2ccc(OCCCC)nc2C)C[C@H]1OCCCC. The van der Waals surface area contributed by atoms with Crippen LogP contribution in [-0.2, 0) is 14.2 Å². The van der Waals surface area contributed by atoms with E-state index in [-0.39, 0.29) is 18.3 Å². The Hall–Kier alpha value is -1.17.